The van der Waals surface area contributed by atoms with E-state index in [2.05, 4.69) is 0 Å². The number of ether oxygens (including phenoxy) is 2. The lowest BCUT2D eigenvalue weighted by atomic mass is 9.84. The molecule has 5 heteroatoms. The molecule has 1 saturated heterocycles. The summed E-state index contributed by atoms with van der Waals surface area (Å²) in [5.74, 6) is -2.70. The number of aliphatic carboxylic acids is 1. The number of carboxylic acids is 1. The van der Waals surface area contributed by atoms with E-state index in [-0.39, 0.29) is 20.1 Å². The second-order valence-electron chi connectivity index (χ2n) is 4.06. The van der Waals surface area contributed by atoms with Crippen LogP contribution in [0.15, 0.2) is 12.2 Å². The summed E-state index contributed by atoms with van der Waals surface area (Å²) >= 11 is 0. The van der Waals surface area contributed by atoms with Crippen LogP contribution in [0.2, 0.25) is 0 Å². The quantitative estimate of drug-likeness (QED) is 0.456. The Kier molecular flexibility index (Phi) is 4.69. The van der Waals surface area contributed by atoms with E-state index in [0.29, 0.717) is 13.0 Å². The van der Waals surface area contributed by atoms with Gasteiger partial charge in [0.2, 0.25) is 0 Å². The van der Waals surface area contributed by atoms with Crippen LogP contribution in [-0.2, 0) is 19.1 Å². The summed E-state index contributed by atoms with van der Waals surface area (Å²) in [6, 6.07) is 0. The van der Waals surface area contributed by atoms with Gasteiger partial charge in [0.05, 0.1) is 18.4 Å². The van der Waals surface area contributed by atoms with Gasteiger partial charge in [-0.3, -0.25) is 9.59 Å². The predicted octanol–water partition coefficient (Wildman–Crippen LogP) is 1.23. The molecular formula is C12H18O5. The fourth-order valence-corrected chi connectivity index (χ4v) is 1.80. The fourth-order valence-electron chi connectivity index (χ4n) is 1.80. The Bertz CT molecular complexity index is 319. The summed E-state index contributed by atoms with van der Waals surface area (Å²) in [4.78, 5) is 22.6. The summed E-state index contributed by atoms with van der Waals surface area (Å²) in [6.07, 6.45) is 4.66. The summed E-state index contributed by atoms with van der Waals surface area (Å²) in [7, 11) is 0. The Morgan fingerprint density at radius 3 is 2.76 bits per heavy atom. The monoisotopic (exact) mass is 242 g/mol. The number of carbonyl (C=O) groups is 2. The van der Waals surface area contributed by atoms with Crippen LogP contribution in [0.25, 0.3) is 0 Å². The van der Waals surface area contributed by atoms with Gasteiger partial charge in [-0.05, 0) is 12.8 Å². The highest BCUT2D eigenvalue weighted by Gasteiger charge is 2.35. The maximum Gasteiger partial charge on any atom is 0.311 e. The predicted molar refractivity (Wildman–Crippen MR) is 60.4 cm³/mol. The molecule has 0 saturated carbocycles. The summed E-state index contributed by atoms with van der Waals surface area (Å²) in [5.41, 5.74) is 0. The number of allylic oxidation sites excluding steroid dienone is 1. The van der Waals surface area contributed by atoms with Gasteiger partial charge in [0.15, 0.2) is 0 Å². The molecule has 0 aromatic rings. The van der Waals surface area contributed by atoms with Gasteiger partial charge in [-0.2, -0.15) is 0 Å². The van der Waals surface area contributed by atoms with Crippen molar-refractivity contribution in [3.8, 4) is 0 Å². The van der Waals surface area contributed by atoms with Gasteiger partial charge >= 0.3 is 11.9 Å². The normalized spacial score (nSPS) is 30.2. The third kappa shape index (κ3) is 3.56. The molecule has 1 aliphatic heterocycles. The molecule has 17 heavy (non-hydrogen) atoms. The third-order valence-corrected chi connectivity index (χ3v) is 2.82. The number of hydrogen-bond acceptors (Lipinski definition) is 4. The number of hydrogen-bond donors (Lipinski definition) is 1. The Hall–Kier alpha value is -1.36. The van der Waals surface area contributed by atoms with Crippen LogP contribution in [-0.4, -0.2) is 36.4 Å². The first-order valence-corrected chi connectivity index (χ1v) is 5.36. The van der Waals surface area contributed by atoms with Crippen molar-refractivity contribution in [2.24, 2.45) is 11.8 Å². The highest BCUT2D eigenvalue weighted by molar-refractivity contribution is 5.82. The number of epoxide rings is 1. The van der Waals surface area contributed by atoms with Crippen molar-refractivity contribution in [3.05, 3.63) is 12.2 Å². The molecule has 0 spiro atoms. The Morgan fingerprint density at radius 2 is 2.18 bits per heavy atom. The smallest absolute Gasteiger partial charge is 0.311 e. The van der Waals surface area contributed by atoms with Crippen LogP contribution in [0.3, 0.4) is 0 Å². The van der Waals surface area contributed by atoms with E-state index in [1.807, 2.05) is 0 Å². The number of carboxylic acid groups (broad SMARTS) is 1. The highest BCUT2D eigenvalue weighted by atomic mass is 16.6. The lowest BCUT2D eigenvalue weighted by Crippen LogP contribution is -2.32. The van der Waals surface area contributed by atoms with Crippen molar-refractivity contribution in [1.82, 2.24) is 0 Å². The first-order chi connectivity index (χ1) is 7.68. The molecule has 2 rings (SSSR count). The van der Waals surface area contributed by atoms with Crippen molar-refractivity contribution in [3.63, 3.8) is 0 Å². The van der Waals surface area contributed by atoms with E-state index in [9.17, 15) is 9.59 Å². The van der Waals surface area contributed by atoms with Crippen LogP contribution >= 0.6 is 0 Å². The van der Waals surface area contributed by atoms with Gasteiger partial charge in [0, 0.05) is 0 Å². The number of carbonyl (C=O) groups excluding carboxylic acids is 1. The van der Waals surface area contributed by atoms with Crippen molar-refractivity contribution in [2.75, 3.05) is 13.2 Å². The Morgan fingerprint density at radius 1 is 1.47 bits per heavy atom. The third-order valence-electron chi connectivity index (χ3n) is 2.82. The van der Waals surface area contributed by atoms with Crippen molar-refractivity contribution in [2.45, 2.75) is 26.4 Å². The van der Waals surface area contributed by atoms with Crippen molar-refractivity contribution in [1.29, 1.82) is 0 Å². The van der Waals surface area contributed by atoms with Crippen molar-refractivity contribution < 1.29 is 24.2 Å². The molecule has 0 amide bonds. The van der Waals surface area contributed by atoms with Gasteiger partial charge < -0.3 is 14.6 Å². The summed E-state index contributed by atoms with van der Waals surface area (Å²) in [6.45, 7) is 0.867. The SMILES string of the molecule is C.O=C(O)C1C=CCCC1C(=O)OCC1CO1. The maximum atomic E-state index is 11.7. The summed E-state index contributed by atoms with van der Waals surface area (Å²) in [5, 5.41) is 8.96. The number of esters is 1. The first-order valence-electron chi connectivity index (χ1n) is 5.36. The van der Waals surface area contributed by atoms with Crippen LogP contribution < -0.4 is 0 Å². The molecular weight excluding hydrogens is 224 g/mol. The molecule has 0 aromatic carbocycles. The van der Waals surface area contributed by atoms with Gasteiger partial charge in [0.1, 0.15) is 12.7 Å². The minimum absolute atomic E-state index is 0. The molecule has 0 bridgehead atoms. The molecule has 0 radical (unpaired) electrons. The van der Waals surface area contributed by atoms with E-state index in [4.69, 9.17) is 14.6 Å². The zero-order chi connectivity index (χ0) is 11.5. The van der Waals surface area contributed by atoms with E-state index in [0.717, 1.165) is 6.42 Å². The molecule has 96 valence electrons. The standard InChI is InChI=1S/C11H14O5.CH4/c12-10(13)8-3-1-2-4-9(8)11(14)16-6-7-5-15-7;/h1,3,7-9H,2,4-6H2,(H,12,13);1H4. The molecule has 1 heterocycles. The molecule has 2 aliphatic rings. The molecule has 1 fully saturated rings. The fraction of sp³-hybridized carbons (Fsp3) is 0.667. The average Bonchev–Trinajstić information content (AvgIpc) is 3.09. The second-order valence-corrected chi connectivity index (χ2v) is 4.06. The second kappa shape index (κ2) is 5.82. The van der Waals surface area contributed by atoms with Gasteiger partial charge in [0.25, 0.3) is 0 Å². The van der Waals surface area contributed by atoms with E-state index >= 15 is 0 Å². The Labute approximate surface area is 100 Å². The molecule has 0 aromatic heterocycles. The van der Waals surface area contributed by atoms with Crippen LogP contribution in [0.4, 0.5) is 0 Å². The molecule has 3 unspecified atom stereocenters. The van der Waals surface area contributed by atoms with Gasteiger partial charge in [-0.25, -0.2) is 0 Å². The zero-order valence-electron chi connectivity index (χ0n) is 8.80. The topological polar surface area (TPSA) is 76.1 Å². The van der Waals surface area contributed by atoms with Gasteiger partial charge in [-0.1, -0.05) is 19.6 Å². The molecule has 3 atom stereocenters. The maximum absolute atomic E-state index is 11.7. The molecule has 1 aliphatic carbocycles. The minimum Gasteiger partial charge on any atom is -0.481 e. The van der Waals surface area contributed by atoms with Crippen LogP contribution in [0, 0.1) is 11.8 Å². The largest absolute Gasteiger partial charge is 0.481 e. The molecule has 1 N–H and O–H groups in total. The van der Waals surface area contributed by atoms with E-state index < -0.39 is 23.8 Å². The zero-order valence-corrected chi connectivity index (χ0v) is 8.80. The van der Waals surface area contributed by atoms with Gasteiger partial charge in [-0.15, -0.1) is 0 Å². The lowest BCUT2D eigenvalue weighted by Gasteiger charge is -2.22. The molecule has 5 nitrogen and oxygen atoms in total. The number of rotatable bonds is 4. The van der Waals surface area contributed by atoms with Crippen LogP contribution in [0.1, 0.15) is 20.3 Å². The minimum atomic E-state index is -0.972. The summed E-state index contributed by atoms with van der Waals surface area (Å²) < 4.78 is 9.94. The lowest BCUT2D eigenvalue weighted by molar-refractivity contribution is -0.157. The van der Waals surface area contributed by atoms with E-state index in [1.54, 1.807) is 12.2 Å². The van der Waals surface area contributed by atoms with Crippen LogP contribution in [0.5, 0.6) is 0 Å². The highest BCUT2D eigenvalue weighted by Crippen LogP contribution is 2.26. The Balaban J connectivity index is 0.00000144. The van der Waals surface area contributed by atoms with E-state index in [1.165, 1.54) is 0 Å². The first kappa shape index (κ1) is 13.7. The average molecular weight is 242 g/mol. The van der Waals surface area contributed by atoms with Crippen molar-refractivity contribution >= 4 is 11.9 Å².